The van der Waals surface area contributed by atoms with Gasteiger partial charge in [0.15, 0.2) is 5.82 Å². The molecular weight excluding hydrogens is 316 g/mol. The number of nitrogens with one attached hydrogen (secondary N) is 2. The Morgan fingerprint density at radius 2 is 2.22 bits per heavy atom. The van der Waals surface area contributed by atoms with Gasteiger partial charge in [-0.25, -0.2) is 0 Å². The van der Waals surface area contributed by atoms with Crippen molar-refractivity contribution in [3.63, 3.8) is 0 Å². The van der Waals surface area contributed by atoms with Gasteiger partial charge in [0, 0.05) is 12.0 Å². The average Bonchev–Trinajstić information content (AvgIpc) is 2.86. The maximum Gasteiger partial charge on any atom is 0.242 e. The summed E-state index contributed by atoms with van der Waals surface area (Å²) in [6.07, 6.45) is 2.59. The summed E-state index contributed by atoms with van der Waals surface area (Å²) >= 11 is 1.39. The van der Waals surface area contributed by atoms with Gasteiger partial charge in [0.2, 0.25) is 17.7 Å². The quantitative estimate of drug-likeness (QED) is 0.840. The first kappa shape index (κ1) is 17.8. The summed E-state index contributed by atoms with van der Waals surface area (Å²) in [6, 6.07) is -0.415. The van der Waals surface area contributed by atoms with E-state index in [2.05, 4.69) is 20.8 Å². The van der Waals surface area contributed by atoms with E-state index in [0.717, 1.165) is 12.8 Å². The van der Waals surface area contributed by atoms with Crippen LogP contribution in [0.3, 0.4) is 0 Å². The normalized spacial score (nSPS) is 19.1. The molecule has 2 N–H and O–H groups in total. The molecule has 0 aliphatic carbocycles. The van der Waals surface area contributed by atoms with Gasteiger partial charge in [-0.1, -0.05) is 25.9 Å². The highest BCUT2D eigenvalue weighted by atomic mass is 32.2. The minimum Gasteiger partial charge on any atom is -0.354 e. The molecule has 23 heavy (non-hydrogen) atoms. The van der Waals surface area contributed by atoms with E-state index < -0.39 is 6.04 Å². The van der Waals surface area contributed by atoms with Crippen LogP contribution in [0.1, 0.15) is 51.7 Å². The number of carbonyl (C=O) groups is 2. The first-order valence-electron chi connectivity index (χ1n) is 7.84. The highest BCUT2D eigenvalue weighted by molar-refractivity contribution is 7.99. The summed E-state index contributed by atoms with van der Waals surface area (Å²) in [5.74, 6) is 1.68. The van der Waals surface area contributed by atoms with Crippen molar-refractivity contribution in [1.82, 2.24) is 20.8 Å². The Bertz CT molecular complexity index is 553. The molecule has 1 aliphatic heterocycles. The van der Waals surface area contributed by atoms with E-state index >= 15 is 0 Å². The Kier molecular flexibility index (Phi) is 6.04. The van der Waals surface area contributed by atoms with Crippen LogP contribution < -0.4 is 10.6 Å². The summed E-state index contributed by atoms with van der Waals surface area (Å²) in [4.78, 5) is 28.0. The molecule has 0 aromatic carbocycles. The Morgan fingerprint density at radius 3 is 2.91 bits per heavy atom. The van der Waals surface area contributed by atoms with Crippen molar-refractivity contribution in [2.45, 2.75) is 57.2 Å². The van der Waals surface area contributed by atoms with Crippen LogP contribution in [0.4, 0.5) is 0 Å². The number of hydrogen-bond donors (Lipinski definition) is 2. The Morgan fingerprint density at radius 1 is 1.43 bits per heavy atom. The molecule has 1 aromatic rings. The molecule has 1 fully saturated rings. The van der Waals surface area contributed by atoms with Crippen LogP contribution in [0.5, 0.6) is 0 Å². The van der Waals surface area contributed by atoms with Gasteiger partial charge in [-0.15, -0.1) is 11.8 Å². The van der Waals surface area contributed by atoms with Crippen LogP contribution in [0.15, 0.2) is 4.52 Å². The van der Waals surface area contributed by atoms with E-state index in [1.54, 1.807) is 0 Å². The second kappa shape index (κ2) is 7.81. The van der Waals surface area contributed by atoms with E-state index in [-0.39, 0.29) is 23.0 Å². The smallest absolute Gasteiger partial charge is 0.242 e. The Balaban J connectivity index is 1.74. The molecule has 2 amide bonds. The topological polar surface area (TPSA) is 97.1 Å². The van der Waals surface area contributed by atoms with Crippen molar-refractivity contribution in [2.24, 2.45) is 0 Å². The summed E-state index contributed by atoms with van der Waals surface area (Å²) < 4.78 is 5.18. The largest absolute Gasteiger partial charge is 0.354 e. The highest BCUT2D eigenvalue weighted by Crippen LogP contribution is 2.20. The molecule has 0 saturated carbocycles. The van der Waals surface area contributed by atoms with Gasteiger partial charge < -0.3 is 15.2 Å². The number of thioether (sulfide) groups is 1. The van der Waals surface area contributed by atoms with E-state index in [9.17, 15) is 9.59 Å². The second-order valence-electron chi connectivity index (χ2n) is 6.66. The molecular formula is C15H24N4O3S. The summed E-state index contributed by atoms with van der Waals surface area (Å²) in [5, 5.41) is 9.54. The fraction of sp³-hybridized carbons (Fsp3) is 0.733. The Hall–Kier alpha value is -1.57. The van der Waals surface area contributed by atoms with Crippen molar-refractivity contribution < 1.29 is 14.1 Å². The number of amides is 2. The average molecular weight is 340 g/mol. The van der Waals surface area contributed by atoms with Gasteiger partial charge in [0.25, 0.3) is 0 Å². The van der Waals surface area contributed by atoms with Crippen molar-refractivity contribution in [2.75, 3.05) is 12.3 Å². The minimum atomic E-state index is -0.415. The maximum atomic E-state index is 11.9. The van der Waals surface area contributed by atoms with Gasteiger partial charge in [-0.3, -0.25) is 9.59 Å². The van der Waals surface area contributed by atoms with Crippen molar-refractivity contribution >= 4 is 23.6 Å². The monoisotopic (exact) mass is 340 g/mol. The van der Waals surface area contributed by atoms with E-state index in [1.807, 2.05) is 20.8 Å². The zero-order chi connectivity index (χ0) is 16.9. The third kappa shape index (κ3) is 5.53. The van der Waals surface area contributed by atoms with Crippen LogP contribution in [-0.2, 0) is 20.8 Å². The lowest BCUT2D eigenvalue weighted by molar-refractivity contribution is -0.127. The molecule has 0 bridgehead atoms. The maximum absolute atomic E-state index is 11.9. The predicted molar refractivity (Wildman–Crippen MR) is 88.0 cm³/mol. The molecule has 8 heteroatoms. The zero-order valence-electron chi connectivity index (χ0n) is 13.8. The fourth-order valence-corrected chi connectivity index (χ4v) is 2.82. The zero-order valence-corrected chi connectivity index (χ0v) is 14.7. The lowest BCUT2D eigenvalue weighted by atomic mass is 9.96. The molecule has 1 atom stereocenters. The number of carbonyl (C=O) groups excluding carboxylic acids is 2. The molecule has 2 heterocycles. The van der Waals surface area contributed by atoms with Gasteiger partial charge in [-0.2, -0.15) is 4.98 Å². The molecule has 1 aliphatic rings. The Labute approximate surface area is 140 Å². The SMILES string of the molecule is CC(C)(C)c1noc(CSCC(=O)N[C@@H]2CCCCNC2=O)n1. The standard InChI is InChI=1S/C15H24N4O3S/c1-15(2,3)14-18-12(22-19-14)9-23-8-11(20)17-10-6-4-5-7-16-13(10)21/h10H,4-9H2,1-3H3,(H,16,21)(H,17,20)/t10-/m1/s1. The number of nitrogens with zero attached hydrogens (tertiary/aromatic N) is 2. The van der Waals surface area contributed by atoms with Crippen molar-refractivity contribution in [3.05, 3.63) is 11.7 Å². The number of rotatable bonds is 5. The molecule has 2 rings (SSSR count). The molecule has 0 unspecified atom stereocenters. The first-order valence-corrected chi connectivity index (χ1v) is 8.99. The molecule has 0 radical (unpaired) electrons. The van der Waals surface area contributed by atoms with Gasteiger partial charge in [-0.05, 0) is 19.3 Å². The third-order valence-electron chi connectivity index (χ3n) is 3.47. The number of aromatic nitrogens is 2. The third-order valence-corrected chi connectivity index (χ3v) is 4.39. The predicted octanol–water partition coefficient (Wildman–Crippen LogP) is 1.39. The van der Waals surface area contributed by atoms with Gasteiger partial charge >= 0.3 is 0 Å². The van der Waals surface area contributed by atoms with E-state index in [0.29, 0.717) is 30.4 Å². The molecule has 7 nitrogen and oxygen atoms in total. The second-order valence-corrected chi connectivity index (χ2v) is 7.65. The molecule has 1 aromatic heterocycles. The minimum absolute atomic E-state index is 0.0902. The van der Waals surface area contributed by atoms with Crippen LogP contribution in [0.25, 0.3) is 0 Å². The number of hydrogen-bond acceptors (Lipinski definition) is 6. The van der Waals surface area contributed by atoms with Gasteiger partial charge in [0.1, 0.15) is 6.04 Å². The van der Waals surface area contributed by atoms with E-state index in [4.69, 9.17) is 4.52 Å². The summed E-state index contributed by atoms with van der Waals surface area (Å²) in [5.41, 5.74) is -0.156. The van der Waals surface area contributed by atoms with Crippen LogP contribution >= 0.6 is 11.8 Å². The summed E-state index contributed by atoms with van der Waals surface area (Å²) in [6.45, 7) is 6.73. The van der Waals surface area contributed by atoms with Crippen molar-refractivity contribution in [3.8, 4) is 0 Å². The van der Waals surface area contributed by atoms with Crippen LogP contribution in [0, 0.1) is 0 Å². The fourth-order valence-electron chi connectivity index (χ4n) is 2.16. The molecule has 0 spiro atoms. The van der Waals surface area contributed by atoms with Gasteiger partial charge in [0.05, 0.1) is 11.5 Å². The van der Waals surface area contributed by atoms with Crippen molar-refractivity contribution in [1.29, 1.82) is 0 Å². The lowest BCUT2D eigenvalue weighted by Gasteiger charge is -2.14. The van der Waals surface area contributed by atoms with E-state index in [1.165, 1.54) is 11.8 Å². The van der Waals surface area contributed by atoms with Crippen LogP contribution in [0.2, 0.25) is 0 Å². The van der Waals surface area contributed by atoms with Crippen LogP contribution in [-0.4, -0.2) is 40.3 Å². The molecule has 1 saturated heterocycles. The lowest BCUT2D eigenvalue weighted by Crippen LogP contribution is -2.46. The first-order chi connectivity index (χ1) is 10.9. The highest BCUT2D eigenvalue weighted by Gasteiger charge is 2.23. The summed E-state index contributed by atoms with van der Waals surface area (Å²) in [7, 11) is 0. The molecule has 128 valence electrons.